The molecule has 38 nitrogen and oxygen atoms in total. The minimum absolute atomic E-state index is 0.0245. The Morgan fingerprint density at radius 1 is 0.593 bits per heavy atom. The van der Waals surface area contributed by atoms with Crippen molar-refractivity contribution < 1.29 is 129 Å². The molecule has 8 rings (SSSR count). The van der Waals surface area contributed by atoms with Gasteiger partial charge in [0.05, 0.1) is 83.4 Å². The summed E-state index contributed by atoms with van der Waals surface area (Å²) in [5, 5.41) is 28.5. The lowest BCUT2D eigenvalue weighted by atomic mass is 9.44. The number of hydrogen-bond acceptors (Lipinski definition) is 23. The summed E-state index contributed by atoms with van der Waals surface area (Å²) in [5.74, 6) is -15.1. The number of rotatable bonds is 39. The summed E-state index contributed by atoms with van der Waals surface area (Å²) in [5.41, 5.74) is -6.99. The zero-order chi connectivity index (χ0) is 91.4. The van der Waals surface area contributed by atoms with Crippen LogP contribution in [0.3, 0.4) is 0 Å². The first-order valence-corrected chi connectivity index (χ1v) is 39.6. The number of hydrogen-bond donors (Lipinski definition) is 5. The fourth-order valence-corrected chi connectivity index (χ4v) is 16.1. The molecule has 0 bridgehead atoms. The molecule has 12 atom stereocenters. The molecular weight excluding hydrogens is 1620 g/mol. The van der Waals surface area contributed by atoms with Crippen LogP contribution in [0.2, 0.25) is 0 Å². The molecule has 0 unspecified atom stereocenters. The van der Waals surface area contributed by atoms with Crippen LogP contribution in [0.15, 0.2) is 78.4 Å². The molecule has 3 saturated carbocycles. The molecule has 6 aliphatic rings. The molecule has 4 fully saturated rings. The molecule has 2 aliphatic heterocycles. The number of halogens is 3. The monoisotopic (exact) mass is 1730 g/mol. The number of nitrogens with one attached hydrogen (secondary N) is 3. The Hall–Kier alpha value is -11.9. The summed E-state index contributed by atoms with van der Waals surface area (Å²) < 4.78 is 73.8. The number of amides is 15. The summed E-state index contributed by atoms with van der Waals surface area (Å²) in [6.07, 6.45) is -1.58. The van der Waals surface area contributed by atoms with E-state index in [-0.39, 0.29) is 67.7 Å². The van der Waals surface area contributed by atoms with Gasteiger partial charge in [-0.25, -0.2) is 18.1 Å². The van der Waals surface area contributed by atoms with Crippen LogP contribution in [-0.2, 0) is 107 Å². The number of ketones is 2. The lowest BCUT2D eigenvalue weighted by molar-refractivity contribution is -0.235. The van der Waals surface area contributed by atoms with Gasteiger partial charge < -0.3 is 94.1 Å². The number of benzene rings is 2. The first kappa shape index (κ1) is 96.6. The molecule has 2 aromatic rings. The molecule has 0 radical (unpaired) electrons. The number of fused-ring (bicyclic) bond motifs is 7. The topological polar surface area (TPSA) is 456 Å². The number of allylic oxidation sites excluding steroid dienone is 4. The highest BCUT2D eigenvalue weighted by molar-refractivity contribution is 6.28. The van der Waals surface area contributed by atoms with E-state index in [2.05, 4.69) is 16.0 Å². The lowest BCUT2D eigenvalue weighted by Crippen LogP contribution is -2.70. The number of imide groups is 1. The van der Waals surface area contributed by atoms with Crippen LogP contribution in [0.25, 0.3) is 0 Å². The Labute approximate surface area is 707 Å². The van der Waals surface area contributed by atoms with Gasteiger partial charge in [-0.1, -0.05) is 31.2 Å². The lowest BCUT2D eigenvalue weighted by Gasteiger charge is -2.63. The Morgan fingerprint density at radius 2 is 1.07 bits per heavy atom. The van der Waals surface area contributed by atoms with E-state index in [4.69, 9.17) is 24.1 Å². The summed E-state index contributed by atoms with van der Waals surface area (Å²) in [6, 6.07) is 7.23. The number of anilines is 1. The predicted molar refractivity (Wildman–Crippen MR) is 426 cm³/mol. The second-order valence-corrected chi connectivity index (χ2v) is 32.4. The number of aliphatic hydroxyl groups is 1. The summed E-state index contributed by atoms with van der Waals surface area (Å²) in [6.45, 7) is -0.815. The number of carbonyl (C=O) groups is 18. The molecule has 0 aromatic heterocycles. The van der Waals surface area contributed by atoms with Crippen molar-refractivity contribution in [2.45, 2.75) is 121 Å². The normalized spacial score (nSPS) is 23.1. The van der Waals surface area contributed by atoms with Crippen molar-refractivity contribution in [2.75, 3.05) is 161 Å². The Kier molecular flexibility index (Phi) is 31.8. The number of aliphatic carboxylic acids is 1. The van der Waals surface area contributed by atoms with E-state index in [1.807, 2.05) is 0 Å². The number of aliphatic hydroxyl groups excluding tert-OH is 1. The number of carboxylic acids is 1. The highest BCUT2D eigenvalue weighted by Crippen LogP contribution is 2.73. The standard InChI is InChI=1S/C82H107F3N14O24/c1-47(76(118)86-46-120-45-60(102)82-61(122-78(123-82)50-17-15-18-51(83)29-50)33-54-55-32-57(84)56-31-53(100)26-27-79(56,3)81(55,85)59(101)34-80(54,82)4)88-77(119)48(2)87-62(103)23-21-49-20-22-52(99-64(105)24-25-65(99)106)30-58(49)121-28-16-19-63(104)89(5)35-66(107)90(6)36-67(108)91(7)37-68(109)92(8)38-69(110)93(9)39-70(111)94(10)40-71(112)95(11)41-72(113)96(12)42-73(114)97(13)43-74(115)98(14)44-75(116)117/h15,17-18,20,22,24-27,29-31,47-48,54-55,57,59,61,78,101H,16,19,21,23,28,32-46H2,1-14H3,(H,86,118)(H,87,103)(H,88,119)(H,116,117)/t47-,48-,54-,55-,57-,59-,61+,78+,79-,80-,81-,82+/m0/s1. The first-order valence-electron chi connectivity index (χ1n) is 39.6. The largest absolute Gasteiger partial charge is 0.493 e. The highest BCUT2D eigenvalue weighted by Gasteiger charge is 2.80. The van der Waals surface area contributed by atoms with Crippen LogP contribution in [0.1, 0.15) is 83.6 Å². The van der Waals surface area contributed by atoms with Gasteiger partial charge in [0.25, 0.3) is 11.8 Å². The number of aryl methyl sites for hydroxylation is 1. The van der Waals surface area contributed by atoms with E-state index in [1.54, 1.807) is 6.92 Å². The van der Waals surface area contributed by atoms with Crippen LogP contribution in [-0.4, -0.2) is 363 Å². The molecule has 15 amide bonds. The molecule has 670 valence electrons. The van der Waals surface area contributed by atoms with Crippen molar-refractivity contribution in [2.24, 2.45) is 22.7 Å². The van der Waals surface area contributed by atoms with Gasteiger partial charge in [0, 0.05) is 124 Å². The number of nitrogens with zero attached hydrogens (tertiary/aromatic N) is 11. The highest BCUT2D eigenvalue weighted by atomic mass is 19.1. The molecule has 0 spiro atoms. The predicted octanol–water partition coefficient (Wildman–Crippen LogP) is -1.53. The van der Waals surface area contributed by atoms with Crippen LogP contribution >= 0.6 is 0 Å². The summed E-state index contributed by atoms with van der Waals surface area (Å²) >= 11 is 0. The van der Waals surface area contributed by atoms with Crippen molar-refractivity contribution in [3.8, 4) is 5.75 Å². The summed E-state index contributed by atoms with van der Waals surface area (Å²) in [4.78, 5) is 245. The van der Waals surface area contributed by atoms with Crippen molar-refractivity contribution in [1.82, 2.24) is 64.9 Å². The SMILES string of the molecule is C[C@H](NC(=O)CCc1ccc(N2C(=O)C=CC2=O)cc1OCCCC(=O)N(C)CC(=O)N(C)CC(=O)N(C)CC(=O)N(C)CC(=O)N(C)CC(=O)N(C)CC(=O)N(C)CC(=O)N(C)CC(=O)N(C)CC(=O)N(C)CC(=O)O)C(=O)N[C@@H](C)C(=O)NCOCC(=O)[C@@]12O[C@H](c3cccc(F)c3)O[C@@H]1C[C@H]1[C@@H]3C[C@H](F)C4=CC(=O)C=C[C@]4(C)[C@@]3(F)[C@@H](O)C[C@@]12C. The third kappa shape index (κ3) is 22.2. The zero-order valence-corrected chi connectivity index (χ0v) is 71.1. The van der Waals surface area contributed by atoms with Crippen LogP contribution in [0, 0.1) is 28.5 Å². The second-order valence-electron chi connectivity index (χ2n) is 32.4. The first-order chi connectivity index (χ1) is 57.6. The molecule has 2 heterocycles. The molecule has 41 heteroatoms. The van der Waals surface area contributed by atoms with E-state index in [1.165, 1.54) is 134 Å². The van der Waals surface area contributed by atoms with Gasteiger partial charge in [0.2, 0.25) is 76.8 Å². The number of likely N-dealkylation sites (N-methyl/N-ethyl adjacent to an activating group) is 10. The summed E-state index contributed by atoms with van der Waals surface area (Å²) in [7, 11) is 12.9. The van der Waals surface area contributed by atoms with Crippen LogP contribution < -0.4 is 25.6 Å². The minimum Gasteiger partial charge on any atom is -0.493 e. The molecule has 4 aliphatic carbocycles. The van der Waals surface area contributed by atoms with E-state index in [9.17, 15) is 95.8 Å². The number of alkyl halides is 2. The fraction of sp³-hybridized carbons (Fsp3) is 0.561. The maximum Gasteiger partial charge on any atom is 0.323 e. The number of carbonyl (C=O) groups excluding carboxylic acids is 17. The van der Waals surface area contributed by atoms with Gasteiger partial charge in [-0.05, 0) is 100 Å². The van der Waals surface area contributed by atoms with Crippen molar-refractivity contribution >= 4 is 112 Å². The Morgan fingerprint density at radius 3 is 1.54 bits per heavy atom. The van der Waals surface area contributed by atoms with E-state index in [0.29, 0.717) is 5.56 Å². The van der Waals surface area contributed by atoms with Gasteiger partial charge in [-0.3, -0.25) is 86.3 Å². The Balaban J connectivity index is 0.740. The third-order valence-corrected chi connectivity index (χ3v) is 23.5. The maximum absolute atomic E-state index is 18.1. The molecule has 5 N–H and O–H groups in total. The molecule has 1 saturated heterocycles. The number of carboxylic acid groups (broad SMARTS) is 1. The van der Waals surface area contributed by atoms with Crippen molar-refractivity contribution in [1.29, 1.82) is 0 Å². The average Bonchev–Trinajstić information content (AvgIpc) is 1.54. The minimum atomic E-state index is -2.50. The zero-order valence-electron chi connectivity index (χ0n) is 71.1. The van der Waals surface area contributed by atoms with E-state index >= 15 is 8.78 Å². The molecular formula is C82H107F3N14O24. The van der Waals surface area contributed by atoms with Gasteiger partial charge in [0.15, 0.2) is 29.1 Å². The van der Waals surface area contributed by atoms with E-state index in [0.717, 1.165) is 84.3 Å². The van der Waals surface area contributed by atoms with Gasteiger partial charge >= 0.3 is 5.97 Å². The van der Waals surface area contributed by atoms with Gasteiger partial charge in [-0.15, -0.1) is 0 Å². The van der Waals surface area contributed by atoms with Crippen LogP contribution in [0.5, 0.6) is 5.75 Å². The maximum atomic E-state index is 18.1. The van der Waals surface area contributed by atoms with Crippen molar-refractivity contribution in [3.63, 3.8) is 0 Å². The van der Waals surface area contributed by atoms with Crippen molar-refractivity contribution in [3.05, 3.63) is 95.4 Å². The average molecular weight is 1730 g/mol. The van der Waals surface area contributed by atoms with Gasteiger partial charge in [-0.2, -0.15) is 0 Å². The second kappa shape index (κ2) is 40.4. The quantitative estimate of drug-likeness (QED) is 0.0288. The number of Topliss-reactive ketones (excluding diaryl/α,β-unsaturated/α-hetero) is 1. The molecule has 123 heavy (non-hydrogen) atoms. The smallest absolute Gasteiger partial charge is 0.323 e. The third-order valence-electron chi connectivity index (χ3n) is 23.5. The Bertz CT molecular complexity index is 4590. The van der Waals surface area contributed by atoms with Gasteiger partial charge in [0.1, 0.15) is 49.7 Å². The van der Waals surface area contributed by atoms with E-state index < -0.39 is 268 Å². The number of ether oxygens (including phenoxy) is 4. The molecule has 2 aromatic carbocycles. The van der Waals surface area contributed by atoms with Crippen LogP contribution in [0.4, 0.5) is 18.9 Å². The fourth-order valence-electron chi connectivity index (χ4n) is 16.1.